The first-order chi connectivity index (χ1) is 9.46. The second-order valence-corrected chi connectivity index (χ2v) is 5.53. The monoisotopic (exact) mass is 280 g/mol. The predicted molar refractivity (Wildman–Crippen MR) is 71.2 cm³/mol. The maximum atomic E-state index is 13.6. The average molecular weight is 280 g/mol. The summed E-state index contributed by atoms with van der Waals surface area (Å²) < 4.78 is 32.2. The van der Waals surface area contributed by atoms with E-state index in [1.165, 1.54) is 12.1 Å². The summed E-state index contributed by atoms with van der Waals surface area (Å²) in [6, 6.07) is 6.34. The Kier molecular flexibility index (Phi) is 4.24. The molecule has 1 aromatic rings. The summed E-state index contributed by atoms with van der Waals surface area (Å²) in [6.45, 7) is 3.94. The van der Waals surface area contributed by atoms with Gasteiger partial charge in [0.25, 0.3) is 0 Å². The lowest BCUT2D eigenvalue weighted by Crippen LogP contribution is -2.46. The predicted octanol–water partition coefficient (Wildman–Crippen LogP) is 3.16. The molecule has 20 heavy (non-hydrogen) atoms. The molecule has 108 valence electrons. The maximum absolute atomic E-state index is 13.6. The van der Waals surface area contributed by atoms with E-state index in [9.17, 15) is 14.0 Å². The highest BCUT2D eigenvalue weighted by molar-refractivity contribution is 5.26. The highest BCUT2D eigenvalue weighted by atomic mass is 19.2. The Bertz CT molecular complexity index is 527. The number of benzene rings is 1. The molecule has 3 nitrogen and oxygen atoms in total. The van der Waals surface area contributed by atoms with Crippen molar-refractivity contribution in [2.75, 3.05) is 0 Å². The largest absolute Gasteiger partial charge is 0.487 e. The third-order valence-corrected chi connectivity index (χ3v) is 3.46. The van der Waals surface area contributed by atoms with E-state index in [-0.39, 0.29) is 17.9 Å². The summed E-state index contributed by atoms with van der Waals surface area (Å²) in [5.74, 6) is -1.99. The van der Waals surface area contributed by atoms with Crippen LogP contribution in [0.15, 0.2) is 18.2 Å². The van der Waals surface area contributed by atoms with E-state index in [1.54, 1.807) is 0 Å². The van der Waals surface area contributed by atoms with Gasteiger partial charge in [-0.05, 0) is 38.8 Å². The van der Waals surface area contributed by atoms with Crippen LogP contribution in [0, 0.1) is 23.0 Å². The molecule has 1 saturated carbocycles. The molecule has 2 rings (SSSR count). The maximum Gasteiger partial charge on any atom is 0.200 e. The molecule has 0 bridgehead atoms. The zero-order valence-electron chi connectivity index (χ0n) is 11.6. The molecule has 2 atom stereocenters. The minimum Gasteiger partial charge on any atom is -0.487 e. The van der Waals surface area contributed by atoms with Gasteiger partial charge >= 0.3 is 0 Å². The SMILES string of the molecule is CC(C)NC1(C#N)CCC(Oc2cccc(F)c2F)C1. The van der Waals surface area contributed by atoms with E-state index in [0.29, 0.717) is 19.3 Å². The molecule has 1 aromatic carbocycles. The molecule has 1 fully saturated rings. The van der Waals surface area contributed by atoms with E-state index in [1.807, 2.05) is 13.8 Å². The second-order valence-electron chi connectivity index (χ2n) is 5.53. The Morgan fingerprint density at radius 2 is 2.20 bits per heavy atom. The van der Waals surface area contributed by atoms with Crippen LogP contribution in [0.3, 0.4) is 0 Å². The number of rotatable bonds is 4. The van der Waals surface area contributed by atoms with E-state index >= 15 is 0 Å². The third kappa shape index (κ3) is 3.07. The molecule has 0 aliphatic heterocycles. The number of hydrogen-bond acceptors (Lipinski definition) is 3. The van der Waals surface area contributed by atoms with E-state index < -0.39 is 17.2 Å². The molecule has 1 aliphatic rings. The van der Waals surface area contributed by atoms with Crippen LogP contribution < -0.4 is 10.1 Å². The van der Waals surface area contributed by atoms with Gasteiger partial charge < -0.3 is 4.74 Å². The van der Waals surface area contributed by atoms with Crippen molar-refractivity contribution in [2.45, 2.75) is 50.8 Å². The first-order valence-corrected chi connectivity index (χ1v) is 6.75. The van der Waals surface area contributed by atoms with E-state index in [2.05, 4.69) is 11.4 Å². The normalized spacial score (nSPS) is 25.7. The van der Waals surface area contributed by atoms with Gasteiger partial charge in [-0.25, -0.2) is 4.39 Å². The molecule has 0 spiro atoms. The Labute approximate surface area is 117 Å². The molecule has 0 amide bonds. The zero-order valence-corrected chi connectivity index (χ0v) is 11.6. The zero-order chi connectivity index (χ0) is 14.8. The van der Waals surface area contributed by atoms with Crippen molar-refractivity contribution in [3.8, 4) is 11.8 Å². The summed E-state index contributed by atoms with van der Waals surface area (Å²) in [6.07, 6.45) is 1.47. The van der Waals surface area contributed by atoms with Crippen LogP contribution >= 0.6 is 0 Å². The Hall–Kier alpha value is -1.67. The van der Waals surface area contributed by atoms with Gasteiger partial charge in [0.2, 0.25) is 5.82 Å². The fourth-order valence-corrected chi connectivity index (χ4v) is 2.67. The molecule has 5 heteroatoms. The summed E-state index contributed by atoms with van der Waals surface area (Å²) in [5.41, 5.74) is -0.636. The molecule has 2 unspecified atom stereocenters. The second kappa shape index (κ2) is 5.76. The summed E-state index contributed by atoms with van der Waals surface area (Å²) in [4.78, 5) is 0. The standard InChI is InChI=1S/C15H18F2N2O/c1-10(2)19-15(9-18)7-6-11(8-15)20-13-5-3-4-12(16)14(13)17/h3-5,10-11,19H,6-8H2,1-2H3. The number of nitriles is 1. The smallest absolute Gasteiger partial charge is 0.200 e. The molecular weight excluding hydrogens is 262 g/mol. The van der Waals surface area contributed by atoms with Gasteiger partial charge in [-0.1, -0.05) is 6.07 Å². The number of nitrogens with one attached hydrogen (secondary N) is 1. The van der Waals surface area contributed by atoms with Crippen LogP contribution in [0.4, 0.5) is 8.78 Å². The lowest BCUT2D eigenvalue weighted by Gasteiger charge is -2.25. The van der Waals surface area contributed by atoms with E-state index in [4.69, 9.17) is 4.74 Å². The van der Waals surface area contributed by atoms with Crippen molar-refractivity contribution in [2.24, 2.45) is 0 Å². The molecule has 0 aromatic heterocycles. The van der Waals surface area contributed by atoms with Crippen molar-refractivity contribution in [3.05, 3.63) is 29.8 Å². The van der Waals surface area contributed by atoms with Crippen molar-refractivity contribution in [1.29, 1.82) is 5.26 Å². The van der Waals surface area contributed by atoms with Crippen molar-refractivity contribution >= 4 is 0 Å². The molecule has 1 aliphatic carbocycles. The van der Waals surface area contributed by atoms with Crippen LogP contribution in [0.2, 0.25) is 0 Å². The van der Waals surface area contributed by atoms with Gasteiger partial charge in [0.15, 0.2) is 11.6 Å². The van der Waals surface area contributed by atoms with Crippen LogP contribution in [-0.2, 0) is 0 Å². The van der Waals surface area contributed by atoms with Crippen LogP contribution in [0.1, 0.15) is 33.1 Å². The molecular formula is C15H18F2N2O. The summed E-state index contributed by atoms with van der Waals surface area (Å²) >= 11 is 0. The third-order valence-electron chi connectivity index (χ3n) is 3.46. The van der Waals surface area contributed by atoms with Crippen molar-refractivity contribution in [3.63, 3.8) is 0 Å². The summed E-state index contributed by atoms with van der Waals surface area (Å²) in [5, 5.41) is 12.6. The lowest BCUT2D eigenvalue weighted by atomic mass is 9.98. The van der Waals surface area contributed by atoms with Gasteiger partial charge in [0.1, 0.15) is 11.6 Å². The topological polar surface area (TPSA) is 45.0 Å². The van der Waals surface area contributed by atoms with Crippen LogP contribution in [0.25, 0.3) is 0 Å². The Morgan fingerprint density at radius 3 is 2.85 bits per heavy atom. The lowest BCUT2D eigenvalue weighted by molar-refractivity contribution is 0.189. The number of halogens is 2. The summed E-state index contributed by atoms with van der Waals surface area (Å²) in [7, 11) is 0. The molecule has 1 N–H and O–H groups in total. The Morgan fingerprint density at radius 1 is 1.45 bits per heavy atom. The number of hydrogen-bond donors (Lipinski definition) is 1. The first kappa shape index (κ1) is 14.7. The van der Waals surface area contributed by atoms with Crippen molar-refractivity contribution < 1.29 is 13.5 Å². The Balaban J connectivity index is 2.06. The van der Waals surface area contributed by atoms with Gasteiger partial charge in [0, 0.05) is 12.5 Å². The van der Waals surface area contributed by atoms with Crippen LogP contribution in [-0.4, -0.2) is 17.7 Å². The highest BCUT2D eigenvalue weighted by Crippen LogP contribution is 2.33. The minimum absolute atomic E-state index is 0.0895. The quantitative estimate of drug-likeness (QED) is 0.921. The van der Waals surface area contributed by atoms with E-state index in [0.717, 1.165) is 6.07 Å². The molecule has 0 saturated heterocycles. The fraction of sp³-hybridized carbons (Fsp3) is 0.533. The number of nitrogens with zero attached hydrogens (tertiary/aromatic N) is 1. The molecule has 0 radical (unpaired) electrons. The highest BCUT2D eigenvalue weighted by Gasteiger charge is 2.41. The minimum atomic E-state index is -0.973. The molecule has 0 heterocycles. The van der Waals surface area contributed by atoms with Crippen LogP contribution in [0.5, 0.6) is 5.75 Å². The number of ether oxygens (including phenoxy) is 1. The van der Waals surface area contributed by atoms with Gasteiger partial charge in [-0.15, -0.1) is 0 Å². The van der Waals surface area contributed by atoms with Gasteiger partial charge in [-0.3, -0.25) is 5.32 Å². The fourth-order valence-electron chi connectivity index (χ4n) is 2.67. The van der Waals surface area contributed by atoms with Crippen molar-refractivity contribution in [1.82, 2.24) is 5.32 Å². The average Bonchev–Trinajstić information content (AvgIpc) is 2.78. The van der Waals surface area contributed by atoms with Gasteiger partial charge in [-0.2, -0.15) is 9.65 Å². The van der Waals surface area contributed by atoms with Gasteiger partial charge in [0.05, 0.1) is 6.07 Å². The first-order valence-electron chi connectivity index (χ1n) is 6.75.